The van der Waals surface area contributed by atoms with Crippen LogP contribution in [0.2, 0.25) is 20.1 Å². The predicted octanol–water partition coefficient (Wildman–Crippen LogP) is 24.6. The topological polar surface area (TPSA) is 286 Å². The first-order valence-electron chi connectivity index (χ1n) is 41.4. The third-order valence-corrected chi connectivity index (χ3v) is 24.6. The first kappa shape index (κ1) is 98.9. The molecule has 5 N–H and O–H groups in total. The number of aliphatic hydroxyl groups is 1. The number of nitrogens with one attached hydrogen (secondary N) is 2. The van der Waals surface area contributed by atoms with Gasteiger partial charge in [-0.05, 0) is 206 Å². The van der Waals surface area contributed by atoms with E-state index >= 15 is 0 Å². The summed E-state index contributed by atoms with van der Waals surface area (Å²) in [5.41, 5.74) is 9.50. The van der Waals surface area contributed by atoms with Crippen molar-refractivity contribution in [2.75, 3.05) is 23.9 Å². The van der Waals surface area contributed by atoms with Gasteiger partial charge in [-0.3, -0.25) is 49.1 Å². The van der Waals surface area contributed by atoms with Gasteiger partial charge in [-0.2, -0.15) is 0 Å². The Balaban J connectivity index is 0.000000183. The molecule has 5 atom stereocenters. The van der Waals surface area contributed by atoms with Gasteiger partial charge in [-0.25, -0.2) is 4.79 Å². The number of hydrogen-bond acceptors (Lipinski definition) is 12. The second-order valence-corrected chi connectivity index (χ2v) is 39.3. The van der Waals surface area contributed by atoms with Crippen molar-refractivity contribution in [3.63, 3.8) is 0 Å². The molecule has 0 saturated carbocycles. The van der Waals surface area contributed by atoms with Crippen LogP contribution in [-0.4, -0.2) is 74.5 Å². The Labute approximate surface area is 764 Å². The second kappa shape index (κ2) is 39.2. The summed E-state index contributed by atoms with van der Waals surface area (Å²) in [7, 11) is 1.41. The molecular weight excluding hydrogens is 1680 g/mol. The van der Waals surface area contributed by atoms with Crippen LogP contribution in [0.4, 0.5) is 28.4 Å². The van der Waals surface area contributed by atoms with E-state index in [1.165, 1.54) is 79.3 Å². The number of amides is 3. The van der Waals surface area contributed by atoms with Crippen molar-refractivity contribution < 1.29 is 58.7 Å². The molecule has 3 amide bonds. The molecule has 2 aliphatic heterocycles. The number of aromatic carboxylic acids is 1. The Hall–Kier alpha value is -11.8. The average Bonchev–Trinajstić information content (AvgIpc) is 1.61. The van der Waals surface area contributed by atoms with Crippen LogP contribution in [0, 0.1) is 20.2 Å². The summed E-state index contributed by atoms with van der Waals surface area (Å²) in [6.45, 7) is 38.6. The van der Waals surface area contributed by atoms with Crippen LogP contribution in [0.1, 0.15) is 231 Å². The van der Waals surface area contributed by atoms with Crippen LogP contribution in [0.5, 0.6) is 0 Å². The van der Waals surface area contributed by atoms with Gasteiger partial charge in [0.05, 0.1) is 69.2 Å². The number of anilines is 3. The molecule has 0 spiro atoms. The Morgan fingerprint density at radius 3 is 1.27 bits per heavy atom. The van der Waals surface area contributed by atoms with Gasteiger partial charge < -0.3 is 30.7 Å². The number of nitro benzene ring substituents is 2. The van der Waals surface area contributed by atoms with Crippen LogP contribution in [0.3, 0.4) is 0 Å². The lowest BCUT2D eigenvalue weighted by Gasteiger charge is -2.32. The zero-order valence-electron chi connectivity index (χ0n) is 75.3. The number of ether oxygens (including phenoxy) is 1. The van der Waals surface area contributed by atoms with Crippen LogP contribution < -0.4 is 15.5 Å². The van der Waals surface area contributed by atoms with E-state index in [4.69, 9.17) is 46.4 Å². The van der Waals surface area contributed by atoms with Gasteiger partial charge in [0.1, 0.15) is 10.8 Å². The Morgan fingerprint density at radius 1 is 0.465 bits per heavy atom. The number of carbonyl (C=O) groups is 6. The monoisotopic (exact) mass is 1790 g/mol. The number of carbonyl (C=O) groups excluding carboxylic acids is 4. The summed E-state index contributed by atoms with van der Waals surface area (Å²) in [6.07, 6.45) is 0.348. The first-order chi connectivity index (χ1) is 59.1. The Morgan fingerprint density at radius 2 is 0.850 bits per heavy atom. The third kappa shape index (κ3) is 22.2. The zero-order chi connectivity index (χ0) is 94.2. The largest absolute Gasteiger partial charge is 0.480 e. The lowest BCUT2D eigenvalue weighted by atomic mass is 9.73. The normalized spacial score (nSPS) is 15.9. The lowest BCUT2D eigenvalue weighted by Crippen LogP contribution is -2.45. The van der Waals surface area contributed by atoms with Crippen molar-refractivity contribution in [2.24, 2.45) is 0 Å². The summed E-state index contributed by atoms with van der Waals surface area (Å²) in [5.74, 6) is -3.04. The molecule has 664 valence electrons. The molecule has 11 aromatic rings. The van der Waals surface area contributed by atoms with Crippen LogP contribution in [0.15, 0.2) is 249 Å². The van der Waals surface area contributed by atoms with Crippen molar-refractivity contribution in [1.82, 2.24) is 5.32 Å². The number of hydrogen-bond donors (Lipinski definition) is 5. The lowest BCUT2D eigenvalue weighted by molar-refractivity contribution is -0.386. The smallest absolute Gasteiger partial charge is 0.335 e. The maximum atomic E-state index is 13.9. The maximum absolute atomic E-state index is 13.9. The number of aliphatic carboxylic acids is 1. The van der Waals surface area contributed by atoms with Gasteiger partial charge in [0.25, 0.3) is 11.4 Å². The molecule has 0 fully saturated rings. The maximum Gasteiger partial charge on any atom is 0.335 e. The van der Waals surface area contributed by atoms with E-state index < -0.39 is 55.4 Å². The number of methoxy groups -OCH3 is 1. The summed E-state index contributed by atoms with van der Waals surface area (Å²) < 4.78 is 4.61. The fourth-order valence-electron chi connectivity index (χ4n) is 15.3. The van der Waals surface area contributed by atoms with E-state index in [0.717, 1.165) is 50.2 Å². The van der Waals surface area contributed by atoms with E-state index in [1.54, 1.807) is 60.4 Å². The molecule has 0 radical (unpaired) electrons. The minimum Gasteiger partial charge on any atom is -0.480 e. The van der Waals surface area contributed by atoms with E-state index in [-0.39, 0.29) is 89.6 Å². The Bertz CT molecular complexity index is 5890. The highest BCUT2D eigenvalue weighted by atomic mass is 35.5. The molecule has 0 bridgehead atoms. The molecule has 0 aromatic heterocycles. The first-order valence-corrected chi connectivity index (χ1v) is 43.0. The highest BCUT2D eigenvalue weighted by Gasteiger charge is 2.51. The minimum atomic E-state index is -1.59. The molecule has 2 heterocycles. The highest BCUT2D eigenvalue weighted by Crippen LogP contribution is 2.51. The van der Waals surface area contributed by atoms with Gasteiger partial charge in [0, 0.05) is 43.6 Å². The number of benzene rings is 11. The van der Waals surface area contributed by atoms with E-state index in [9.17, 15) is 64.3 Å². The molecule has 11 aromatic carbocycles. The number of esters is 1. The van der Waals surface area contributed by atoms with Crippen LogP contribution in [-0.2, 0) is 83.9 Å². The molecular formula is C104H111Cl4N5O14. The highest BCUT2D eigenvalue weighted by molar-refractivity contribution is 6.32. The summed E-state index contributed by atoms with van der Waals surface area (Å²) in [5, 5.41) is 60.2. The quantitative estimate of drug-likeness (QED) is 0.0322. The van der Waals surface area contributed by atoms with E-state index in [2.05, 4.69) is 168 Å². The number of nitro groups is 2. The molecule has 1 unspecified atom stereocenters. The molecule has 23 heteroatoms. The molecule has 2 aliphatic rings. The number of carboxylic acids is 2. The third-order valence-electron chi connectivity index (χ3n) is 23.6. The number of rotatable bonds is 17. The fraction of sp³-hybridized carbons (Fsp3) is 0.308. The van der Waals surface area contributed by atoms with Crippen molar-refractivity contribution in [3.05, 3.63) is 378 Å². The van der Waals surface area contributed by atoms with Gasteiger partial charge >= 0.3 is 17.9 Å². The van der Waals surface area contributed by atoms with Gasteiger partial charge in [0.15, 0.2) is 0 Å². The van der Waals surface area contributed by atoms with Crippen molar-refractivity contribution in [2.45, 2.75) is 193 Å². The Kier molecular flexibility index (Phi) is 30.5. The van der Waals surface area contributed by atoms with Crippen LogP contribution >= 0.6 is 46.4 Å². The summed E-state index contributed by atoms with van der Waals surface area (Å²) >= 11 is 24.7. The van der Waals surface area contributed by atoms with Crippen LogP contribution in [0.25, 0.3) is 0 Å². The molecule has 0 saturated heterocycles. The average molecular weight is 1800 g/mol. The fourth-order valence-corrected chi connectivity index (χ4v) is 16.0. The van der Waals surface area contributed by atoms with E-state index in [1.807, 2.05) is 117 Å². The van der Waals surface area contributed by atoms with Crippen molar-refractivity contribution in [1.29, 1.82) is 0 Å². The number of fused-ring (bicyclic) bond motifs is 2. The molecule has 13 rings (SSSR count). The number of aliphatic hydroxyl groups excluding tert-OH is 1. The summed E-state index contributed by atoms with van der Waals surface area (Å²) in [6, 6.07) is 73.1. The number of carboxylic acid groups (broad SMARTS) is 2. The van der Waals surface area contributed by atoms with Gasteiger partial charge in [0.2, 0.25) is 17.7 Å². The van der Waals surface area contributed by atoms with Gasteiger partial charge in [-0.1, -0.05) is 308 Å². The van der Waals surface area contributed by atoms with Crippen molar-refractivity contribution in [3.8, 4) is 0 Å². The predicted molar refractivity (Wildman–Crippen MR) is 508 cm³/mol. The molecule has 0 aliphatic carbocycles. The number of nitrogens with zero attached hydrogens (tertiary/aromatic N) is 3. The zero-order valence-corrected chi connectivity index (χ0v) is 78.4. The van der Waals surface area contributed by atoms with Gasteiger partial charge in [-0.15, -0.1) is 0 Å². The summed E-state index contributed by atoms with van der Waals surface area (Å²) in [4.78, 5) is 98.8. The van der Waals surface area contributed by atoms with E-state index in [0.29, 0.717) is 39.0 Å². The SMILES string of the molecule is CC(C)(C)c1ccc(C(C)(C(=O)O)c2cc(Cl)ccc2[N+](=O)[O-])cc1.CC(C)(C)c1ccc([C@](C)(C(=O)N[C@@H](CO)c2ccccc2)c2cc(Cl)ccc2[N+](=O)[O-])cc1.CC(C)(C)c1ccc([C@]2(C)C(=O)N(c3cccc(C(=O)O)c3)c3ccc(Cl)cc32)cc1.CC(C)(C)c1ccc([C@]2(C)C(=O)Nc3ccc(Cl)cc32)cc1.COC(=O)Cc1ccc(C(C)(C)C)cc1. The second-order valence-electron chi connectivity index (χ2n) is 37.6. The van der Waals surface area contributed by atoms with Crippen molar-refractivity contribution >= 4 is 110 Å². The molecule has 19 nitrogen and oxygen atoms in total. The molecule has 127 heavy (non-hydrogen) atoms. The number of halogens is 4. The minimum absolute atomic E-state index is 0.00361. The standard InChI is InChI=1S/C27H29ClN2O4.C26H24ClNO3.C19H20ClNO4.C19H20ClNO.C13H18O2/c1-26(2,3)19-10-12-20(13-11-19)27(4,22-16-21(28)14-15-24(22)30(33)34)25(32)29-23(17-31)18-8-6-5-7-9-18;1-25(2,3)17-8-10-18(11-9-17)26(4)21-15-19(27)12-13-22(21)28(24(26)31)20-7-5-6-16(14-20)23(29)30;1-18(2,3)12-5-7-13(8-6-12)19(4,17(22)23)15-11-14(20)9-10-16(15)21(24)25;1-18(2,3)12-5-7-13(8-6-12)19(4)15-11-14(20)9-10-16(15)21-17(19)22;1-13(2,3)11-7-5-10(6-8-11)9-12(14)15-4/h5-16,23,31H,17H2,1-4H3,(H,29,32);5-15H,1-4H3,(H,29,30);5-11H,1-4H3,(H,22,23);5-11H,1-4H3,(H,21,22);5-8H,9H2,1-4H3/t23-,27-;26-;;19-;/m00.0./s1.